The molecule has 2 aromatic rings. The second kappa shape index (κ2) is 5.33. The highest BCUT2D eigenvalue weighted by molar-refractivity contribution is 6.35. The van der Waals surface area contributed by atoms with Gasteiger partial charge >= 0.3 is 0 Å². The van der Waals surface area contributed by atoms with E-state index in [1.54, 1.807) is 32.3 Å². The van der Waals surface area contributed by atoms with Crippen molar-refractivity contribution in [2.24, 2.45) is 0 Å². The van der Waals surface area contributed by atoms with Crippen molar-refractivity contribution in [3.63, 3.8) is 0 Å². The summed E-state index contributed by atoms with van der Waals surface area (Å²) < 4.78 is 0. The molecule has 1 aromatic heterocycles. The van der Waals surface area contributed by atoms with E-state index >= 15 is 0 Å². The van der Waals surface area contributed by atoms with Gasteiger partial charge in [-0.2, -0.15) is 0 Å². The van der Waals surface area contributed by atoms with Gasteiger partial charge in [0.25, 0.3) is 0 Å². The topological polar surface area (TPSA) is 54.0 Å². The van der Waals surface area contributed by atoms with Gasteiger partial charge in [0.1, 0.15) is 0 Å². The number of benzene rings is 1. The number of carbonyl (C=O) groups is 1. The summed E-state index contributed by atoms with van der Waals surface area (Å²) in [5.41, 5.74) is 1.36. The number of amides is 1. The van der Waals surface area contributed by atoms with Gasteiger partial charge in [0.2, 0.25) is 5.91 Å². The molecular formula is C13H14ClN3O. The summed E-state index contributed by atoms with van der Waals surface area (Å²) in [6.45, 7) is 1.79. The molecule has 94 valence electrons. The van der Waals surface area contributed by atoms with E-state index in [0.717, 1.165) is 5.39 Å². The van der Waals surface area contributed by atoms with Crippen LogP contribution < -0.4 is 10.6 Å². The number of hydrogen-bond donors (Lipinski definition) is 2. The molecule has 1 amide bonds. The Kier molecular flexibility index (Phi) is 3.79. The molecule has 18 heavy (non-hydrogen) atoms. The number of hydrogen-bond acceptors (Lipinski definition) is 3. The average Bonchev–Trinajstić information content (AvgIpc) is 2.41. The van der Waals surface area contributed by atoms with Crippen LogP contribution in [0.2, 0.25) is 5.02 Å². The molecule has 1 unspecified atom stereocenters. The SMILES string of the molecule is CNC(C)C(=O)Nc1ccc(Cl)c2cccnc12. The number of pyridine rings is 1. The minimum absolute atomic E-state index is 0.105. The van der Waals surface area contributed by atoms with Gasteiger partial charge < -0.3 is 10.6 Å². The molecule has 5 heteroatoms. The van der Waals surface area contributed by atoms with Gasteiger partial charge in [0, 0.05) is 11.6 Å². The van der Waals surface area contributed by atoms with Crippen LogP contribution in [-0.4, -0.2) is 24.0 Å². The van der Waals surface area contributed by atoms with Crippen molar-refractivity contribution in [3.05, 3.63) is 35.5 Å². The lowest BCUT2D eigenvalue weighted by atomic mass is 10.2. The monoisotopic (exact) mass is 263 g/mol. The van der Waals surface area contributed by atoms with E-state index in [4.69, 9.17) is 11.6 Å². The number of halogens is 1. The normalized spacial score (nSPS) is 12.4. The molecule has 0 bridgehead atoms. The fourth-order valence-corrected chi connectivity index (χ4v) is 1.83. The highest BCUT2D eigenvalue weighted by Crippen LogP contribution is 2.27. The summed E-state index contributed by atoms with van der Waals surface area (Å²) in [5.74, 6) is -0.105. The fraction of sp³-hybridized carbons (Fsp3) is 0.231. The molecule has 0 spiro atoms. The van der Waals surface area contributed by atoms with E-state index in [1.807, 2.05) is 12.1 Å². The molecule has 0 fully saturated rings. The molecule has 1 atom stereocenters. The van der Waals surface area contributed by atoms with Crippen LogP contribution in [-0.2, 0) is 4.79 Å². The Labute approximate surface area is 110 Å². The number of likely N-dealkylation sites (N-methyl/N-ethyl adjacent to an activating group) is 1. The molecule has 0 aliphatic rings. The number of fused-ring (bicyclic) bond motifs is 1. The quantitative estimate of drug-likeness (QED) is 0.894. The molecule has 0 saturated carbocycles. The molecule has 1 heterocycles. The molecule has 0 radical (unpaired) electrons. The van der Waals surface area contributed by atoms with Crippen molar-refractivity contribution < 1.29 is 4.79 Å². The first kappa shape index (κ1) is 12.8. The van der Waals surface area contributed by atoms with Crippen LogP contribution >= 0.6 is 11.6 Å². The standard InChI is InChI=1S/C13H14ClN3O/c1-8(15-2)13(18)17-11-6-5-10(14)9-4-3-7-16-12(9)11/h3-8,15H,1-2H3,(H,17,18). The molecule has 0 aliphatic carbocycles. The third-order valence-electron chi connectivity index (χ3n) is 2.80. The predicted octanol–water partition coefficient (Wildman–Crippen LogP) is 2.43. The van der Waals surface area contributed by atoms with E-state index in [-0.39, 0.29) is 11.9 Å². The predicted molar refractivity (Wildman–Crippen MR) is 73.9 cm³/mol. The molecule has 1 aromatic carbocycles. The van der Waals surface area contributed by atoms with E-state index in [0.29, 0.717) is 16.2 Å². The first-order chi connectivity index (χ1) is 8.63. The minimum atomic E-state index is -0.264. The number of carbonyl (C=O) groups excluding carboxylic acids is 1. The molecule has 0 aliphatic heterocycles. The summed E-state index contributed by atoms with van der Waals surface area (Å²) in [5, 5.41) is 7.18. The van der Waals surface area contributed by atoms with Crippen molar-refractivity contribution in [2.75, 3.05) is 12.4 Å². The van der Waals surface area contributed by atoms with Gasteiger partial charge in [-0.05, 0) is 38.2 Å². The third kappa shape index (κ3) is 2.44. The van der Waals surface area contributed by atoms with Crippen LogP contribution in [0.3, 0.4) is 0 Å². The van der Waals surface area contributed by atoms with Gasteiger partial charge in [-0.1, -0.05) is 11.6 Å². The van der Waals surface area contributed by atoms with Crippen molar-refractivity contribution in [1.82, 2.24) is 10.3 Å². The van der Waals surface area contributed by atoms with Crippen LogP contribution in [0.1, 0.15) is 6.92 Å². The zero-order valence-corrected chi connectivity index (χ0v) is 11.0. The average molecular weight is 264 g/mol. The largest absolute Gasteiger partial charge is 0.323 e. The van der Waals surface area contributed by atoms with Crippen LogP contribution in [0.15, 0.2) is 30.5 Å². The Bertz CT molecular complexity index is 585. The molecule has 2 rings (SSSR count). The number of nitrogens with zero attached hydrogens (tertiary/aromatic N) is 1. The summed E-state index contributed by atoms with van der Waals surface area (Å²) in [7, 11) is 1.74. The summed E-state index contributed by atoms with van der Waals surface area (Å²) in [6, 6.07) is 6.94. The lowest BCUT2D eigenvalue weighted by Crippen LogP contribution is -2.35. The number of aromatic nitrogens is 1. The number of rotatable bonds is 3. The Balaban J connectivity index is 2.40. The van der Waals surface area contributed by atoms with Crippen molar-refractivity contribution in [3.8, 4) is 0 Å². The first-order valence-electron chi connectivity index (χ1n) is 5.65. The van der Waals surface area contributed by atoms with Crippen LogP contribution in [0.4, 0.5) is 5.69 Å². The number of anilines is 1. The zero-order valence-electron chi connectivity index (χ0n) is 10.2. The fourth-order valence-electron chi connectivity index (χ4n) is 1.61. The van der Waals surface area contributed by atoms with Crippen LogP contribution in [0, 0.1) is 0 Å². The van der Waals surface area contributed by atoms with E-state index in [2.05, 4.69) is 15.6 Å². The van der Waals surface area contributed by atoms with Crippen LogP contribution in [0.5, 0.6) is 0 Å². The number of nitrogens with one attached hydrogen (secondary N) is 2. The lowest BCUT2D eigenvalue weighted by molar-refractivity contribution is -0.117. The molecular weight excluding hydrogens is 250 g/mol. The maximum atomic E-state index is 11.8. The Morgan fingerprint density at radius 1 is 1.39 bits per heavy atom. The van der Waals surface area contributed by atoms with Gasteiger partial charge in [-0.3, -0.25) is 9.78 Å². The summed E-state index contributed by atoms with van der Waals surface area (Å²) in [4.78, 5) is 16.1. The maximum absolute atomic E-state index is 11.8. The van der Waals surface area contributed by atoms with Crippen LogP contribution in [0.25, 0.3) is 10.9 Å². The maximum Gasteiger partial charge on any atom is 0.241 e. The van der Waals surface area contributed by atoms with E-state index in [1.165, 1.54) is 0 Å². The second-order valence-corrected chi connectivity index (χ2v) is 4.40. The van der Waals surface area contributed by atoms with Crippen molar-refractivity contribution >= 4 is 34.1 Å². The third-order valence-corrected chi connectivity index (χ3v) is 3.13. The summed E-state index contributed by atoms with van der Waals surface area (Å²) >= 11 is 6.09. The summed E-state index contributed by atoms with van der Waals surface area (Å²) in [6.07, 6.45) is 1.68. The Morgan fingerprint density at radius 3 is 2.89 bits per heavy atom. The van der Waals surface area contributed by atoms with E-state index < -0.39 is 0 Å². The molecule has 2 N–H and O–H groups in total. The van der Waals surface area contributed by atoms with Gasteiger partial charge in [0.15, 0.2) is 0 Å². The van der Waals surface area contributed by atoms with Crippen molar-refractivity contribution in [1.29, 1.82) is 0 Å². The highest BCUT2D eigenvalue weighted by atomic mass is 35.5. The first-order valence-corrected chi connectivity index (χ1v) is 6.02. The Morgan fingerprint density at radius 2 is 2.17 bits per heavy atom. The minimum Gasteiger partial charge on any atom is -0.323 e. The van der Waals surface area contributed by atoms with Gasteiger partial charge in [-0.25, -0.2) is 0 Å². The van der Waals surface area contributed by atoms with E-state index in [9.17, 15) is 4.79 Å². The second-order valence-electron chi connectivity index (χ2n) is 3.99. The molecule has 4 nitrogen and oxygen atoms in total. The molecule has 0 saturated heterocycles. The highest BCUT2D eigenvalue weighted by Gasteiger charge is 2.13. The van der Waals surface area contributed by atoms with Gasteiger partial charge in [0.05, 0.1) is 22.3 Å². The Hall–Kier alpha value is -1.65. The zero-order chi connectivity index (χ0) is 13.1. The smallest absolute Gasteiger partial charge is 0.241 e. The van der Waals surface area contributed by atoms with Crippen molar-refractivity contribution in [2.45, 2.75) is 13.0 Å². The lowest BCUT2D eigenvalue weighted by Gasteiger charge is -2.12. The van der Waals surface area contributed by atoms with Gasteiger partial charge in [-0.15, -0.1) is 0 Å².